The zero-order valence-electron chi connectivity index (χ0n) is 13.3. The number of halogens is 2. The molecule has 25 heavy (non-hydrogen) atoms. The van der Waals surface area contributed by atoms with Crippen LogP contribution < -0.4 is 10.6 Å². The fourth-order valence-corrected chi connectivity index (χ4v) is 2.16. The zero-order chi connectivity index (χ0) is 17.8. The van der Waals surface area contributed by atoms with Gasteiger partial charge in [-0.05, 0) is 55.0 Å². The summed E-state index contributed by atoms with van der Waals surface area (Å²) >= 11 is 0. The molecular formula is C18H14F2N4O. The number of aromatic nitrogens is 2. The molecule has 1 heterocycles. The van der Waals surface area contributed by atoms with Crippen molar-refractivity contribution >= 4 is 23.2 Å². The molecule has 0 atom stereocenters. The van der Waals surface area contributed by atoms with Gasteiger partial charge < -0.3 is 10.6 Å². The Morgan fingerprint density at radius 3 is 2.36 bits per heavy atom. The molecule has 2 aromatic carbocycles. The number of amides is 1. The number of aryl methyl sites for hydroxylation is 1. The maximum Gasteiger partial charge on any atom is 0.256 e. The summed E-state index contributed by atoms with van der Waals surface area (Å²) in [6.45, 7) is 1.98. The molecule has 0 saturated heterocycles. The minimum absolute atomic E-state index is 0.0114. The summed E-state index contributed by atoms with van der Waals surface area (Å²) in [4.78, 5) is 12.0. The van der Waals surface area contributed by atoms with E-state index in [-0.39, 0.29) is 11.4 Å². The van der Waals surface area contributed by atoms with Gasteiger partial charge in [-0.15, -0.1) is 10.2 Å². The van der Waals surface area contributed by atoms with Gasteiger partial charge in [-0.3, -0.25) is 4.79 Å². The van der Waals surface area contributed by atoms with E-state index < -0.39 is 17.5 Å². The van der Waals surface area contributed by atoms with E-state index in [0.29, 0.717) is 5.82 Å². The Bertz CT molecular complexity index is 913. The molecule has 0 fully saturated rings. The maximum absolute atomic E-state index is 13.2. The molecule has 1 amide bonds. The highest BCUT2D eigenvalue weighted by atomic mass is 19.2. The second kappa shape index (κ2) is 7.04. The summed E-state index contributed by atoms with van der Waals surface area (Å²) < 4.78 is 26.1. The predicted octanol–water partition coefficient (Wildman–Crippen LogP) is 4.06. The predicted molar refractivity (Wildman–Crippen MR) is 90.8 cm³/mol. The van der Waals surface area contributed by atoms with Gasteiger partial charge in [-0.1, -0.05) is 12.1 Å². The second-order valence-corrected chi connectivity index (χ2v) is 5.38. The third kappa shape index (κ3) is 4.14. The van der Waals surface area contributed by atoms with E-state index in [1.807, 2.05) is 31.2 Å². The number of anilines is 3. The Labute approximate surface area is 142 Å². The largest absolute Gasteiger partial charge is 0.339 e. The van der Waals surface area contributed by atoms with Gasteiger partial charge in [0.25, 0.3) is 5.91 Å². The van der Waals surface area contributed by atoms with E-state index in [0.717, 1.165) is 23.4 Å². The van der Waals surface area contributed by atoms with Crippen LogP contribution in [0.15, 0.2) is 54.6 Å². The van der Waals surface area contributed by atoms with Crippen LogP contribution in [0.4, 0.5) is 26.1 Å². The average molecular weight is 340 g/mol. The van der Waals surface area contributed by atoms with Crippen LogP contribution in [0.3, 0.4) is 0 Å². The SMILES string of the molecule is Cc1cccc(Nc2ccc(NC(=O)c3ccc(F)c(F)c3)nn2)c1. The summed E-state index contributed by atoms with van der Waals surface area (Å²) in [5.41, 5.74) is 1.96. The highest BCUT2D eigenvalue weighted by molar-refractivity contribution is 6.03. The van der Waals surface area contributed by atoms with Gasteiger partial charge in [-0.2, -0.15) is 0 Å². The van der Waals surface area contributed by atoms with Crippen molar-refractivity contribution in [3.63, 3.8) is 0 Å². The molecule has 1 aromatic heterocycles. The highest BCUT2D eigenvalue weighted by Gasteiger charge is 2.11. The van der Waals surface area contributed by atoms with E-state index >= 15 is 0 Å². The number of nitrogens with one attached hydrogen (secondary N) is 2. The fourth-order valence-electron chi connectivity index (χ4n) is 2.16. The molecule has 0 bridgehead atoms. The number of rotatable bonds is 4. The van der Waals surface area contributed by atoms with Crippen molar-refractivity contribution in [3.8, 4) is 0 Å². The van der Waals surface area contributed by atoms with Crippen LogP contribution in [-0.4, -0.2) is 16.1 Å². The number of carbonyl (C=O) groups excluding carboxylic acids is 1. The first-order chi connectivity index (χ1) is 12.0. The Kier molecular flexibility index (Phi) is 4.65. The smallest absolute Gasteiger partial charge is 0.256 e. The maximum atomic E-state index is 13.2. The van der Waals surface area contributed by atoms with Gasteiger partial charge in [-0.25, -0.2) is 8.78 Å². The molecule has 3 aromatic rings. The Morgan fingerprint density at radius 1 is 0.920 bits per heavy atom. The van der Waals surface area contributed by atoms with Crippen LogP contribution in [0.5, 0.6) is 0 Å². The van der Waals surface area contributed by atoms with Crippen molar-refractivity contribution < 1.29 is 13.6 Å². The van der Waals surface area contributed by atoms with Crippen molar-refractivity contribution in [2.24, 2.45) is 0 Å². The van der Waals surface area contributed by atoms with Gasteiger partial charge >= 0.3 is 0 Å². The van der Waals surface area contributed by atoms with E-state index in [1.54, 1.807) is 12.1 Å². The normalized spacial score (nSPS) is 10.4. The van der Waals surface area contributed by atoms with Crippen molar-refractivity contribution in [2.75, 3.05) is 10.6 Å². The molecule has 0 aliphatic rings. The Balaban J connectivity index is 1.67. The van der Waals surface area contributed by atoms with Crippen molar-refractivity contribution in [3.05, 3.63) is 77.4 Å². The molecule has 0 aliphatic carbocycles. The van der Waals surface area contributed by atoms with E-state index in [2.05, 4.69) is 20.8 Å². The molecule has 0 saturated carbocycles. The number of benzene rings is 2. The average Bonchev–Trinajstić information content (AvgIpc) is 2.59. The minimum Gasteiger partial charge on any atom is -0.339 e. The molecule has 3 rings (SSSR count). The van der Waals surface area contributed by atoms with Gasteiger partial charge in [0.05, 0.1) is 0 Å². The second-order valence-electron chi connectivity index (χ2n) is 5.38. The summed E-state index contributed by atoms with van der Waals surface area (Å²) in [5, 5.41) is 13.4. The first-order valence-electron chi connectivity index (χ1n) is 7.45. The van der Waals surface area contributed by atoms with Crippen LogP contribution in [0.2, 0.25) is 0 Å². The standard InChI is InChI=1S/C18H14F2N4O/c1-11-3-2-4-13(9-11)21-16-7-8-17(24-23-16)22-18(25)12-5-6-14(19)15(20)10-12/h2-10H,1H3,(H,21,23)(H,22,24,25). The fraction of sp³-hybridized carbons (Fsp3) is 0.0556. The minimum atomic E-state index is -1.09. The zero-order valence-corrected chi connectivity index (χ0v) is 13.3. The van der Waals surface area contributed by atoms with Crippen LogP contribution in [0, 0.1) is 18.6 Å². The number of hydrogen-bond acceptors (Lipinski definition) is 4. The van der Waals surface area contributed by atoms with E-state index in [4.69, 9.17) is 0 Å². The van der Waals surface area contributed by atoms with Crippen LogP contribution in [-0.2, 0) is 0 Å². The molecule has 0 radical (unpaired) electrons. The molecule has 7 heteroatoms. The van der Waals surface area contributed by atoms with Gasteiger partial charge in [0, 0.05) is 11.3 Å². The topological polar surface area (TPSA) is 66.9 Å². The summed E-state index contributed by atoms with van der Waals surface area (Å²) in [5.74, 6) is -1.99. The number of carbonyl (C=O) groups is 1. The highest BCUT2D eigenvalue weighted by Crippen LogP contribution is 2.16. The summed E-state index contributed by atoms with van der Waals surface area (Å²) in [6, 6.07) is 13.9. The van der Waals surface area contributed by atoms with Gasteiger partial charge in [0.1, 0.15) is 0 Å². The Hall–Kier alpha value is -3.35. The molecule has 2 N–H and O–H groups in total. The molecule has 126 valence electrons. The third-order valence-electron chi connectivity index (χ3n) is 3.38. The first kappa shape index (κ1) is 16.5. The molecular weight excluding hydrogens is 326 g/mol. The van der Waals surface area contributed by atoms with E-state index in [9.17, 15) is 13.6 Å². The summed E-state index contributed by atoms with van der Waals surface area (Å²) in [7, 11) is 0. The summed E-state index contributed by atoms with van der Waals surface area (Å²) in [6.07, 6.45) is 0. The molecule has 0 spiro atoms. The van der Waals surface area contributed by atoms with Crippen molar-refractivity contribution in [2.45, 2.75) is 6.92 Å². The monoisotopic (exact) mass is 340 g/mol. The molecule has 0 aliphatic heterocycles. The lowest BCUT2D eigenvalue weighted by atomic mass is 10.2. The lowest BCUT2D eigenvalue weighted by molar-refractivity contribution is 0.102. The van der Waals surface area contributed by atoms with Crippen LogP contribution in [0.1, 0.15) is 15.9 Å². The quantitative estimate of drug-likeness (QED) is 0.752. The van der Waals surface area contributed by atoms with Crippen molar-refractivity contribution in [1.82, 2.24) is 10.2 Å². The molecule has 0 unspecified atom stereocenters. The lowest BCUT2D eigenvalue weighted by Gasteiger charge is -2.07. The number of hydrogen-bond donors (Lipinski definition) is 2. The lowest BCUT2D eigenvalue weighted by Crippen LogP contribution is -2.14. The molecule has 5 nitrogen and oxygen atoms in total. The number of nitrogens with zero attached hydrogens (tertiary/aromatic N) is 2. The van der Waals surface area contributed by atoms with Gasteiger partial charge in [0.15, 0.2) is 23.3 Å². The Morgan fingerprint density at radius 2 is 1.68 bits per heavy atom. The first-order valence-corrected chi connectivity index (χ1v) is 7.45. The van der Waals surface area contributed by atoms with Gasteiger partial charge in [0.2, 0.25) is 0 Å². The van der Waals surface area contributed by atoms with E-state index in [1.165, 1.54) is 6.07 Å². The van der Waals surface area contributed by atoms with Crippen LogP contribution in [0.25, 0.3) is 0 Å². The van der Waals surface area contributed by atoms with Crippen LogP contribution >= 0.6 is 0 Å². The third-order valence-corrected chi connectivity index (χ3v) is 3.38. The van der Waals surface area contributed by atoms with Crippen molar-refractivity contribution in [1.29, 1.82) is 0 Å².